The first-order valence-corrected chi connectivity index (χ1v) is 5.72. The van der Waals surface area contributed by atoms with Crippen molar-refractivity contribution in [1.82, 2.24) is 0 Å². The smallest absolute Gasteiger partial charge is 0.379 e. The summed E-state index contributed by atoms with van der Waals surface area (Å²) in [5.74, 6) is -2.00. The van der Waals surface area contributed by atoms with Crippen LogP contribution in [0, 0.1) is 11.6 Å². The molecule has 0 aliphatic heterocycles. The second kappa shape index (κ2) is 5.48. The lowest BCUT2D eigenvalue weighted by Crippen LogP contribution is -2.06. The molecule has 0 amide bonds. The summed E-state index contributed by atoms with van der Waals surface area (Å²) in [6.45, 7) is 0.0957. The number of anilines is 1. The Morgan fingerprint density at radius 3 is 2.15 bits per heavy atom. The highest BCUT2D eigenvalue weighted by atomic mass is 19.4. The molecule has 1 N–H and O–H groups in total. The van der Waals surface area contributed by atoms with E-state index < -0.39 is 23.4 Å². The van der Waals surface area contributed by atoms with Crippen LogP contribution in [0.25, 0.3) is 0 Å². The van der Waals surface area contributed by atoms with Crippen molar-refractivity contribution in [3.8, 4) is 0 Å². The van der Waals surface area contributed by atoms with Gasteiger partial charge in [0.05, 0.1) is 11.3 Å². The highest BCUT2D eigenvalue weighted by Gasteiger charge is 2.29. The molecule has 0 bridgehead atoms. The molecule has 0 unspecified atom stereocenters. The van der Waals surface area contributed by atoms with Crippen LogP contribution in [0.4, 0.5) is 27.6 Å². The number of rotatable bonds is 3. The van der Waals surface area contributed by atoms with Crippen molar-refractivity contribution < 1.29 is 22.0 Å². The van der Waals surface area contributed by atoms with E-state index >= 15 is 0 Å². The lowest BCUT2D eigenvalue weighted by atomic mass is 10.1. The molecule has 0 atom stereocenters. The van der Waals surface area contributed by atoms with Crippen LogP contribution in [0.2, 0.25) is 0 Å². The second-order valence-corrected chi connectivity index (χ2v) is 4.15. The van der Waals surface area contributed by atoms with E-state index in [0.717, 1.165) is 18.2 Å². The van der Waals surface area contributed by atoms with E-state index in [1.807, 2.05) is 0 Å². The van der Waals surface area contributed by atoms with Crippen LogP contribution in [0.15, 0.2) is 42.5 Å². The lowest BCUT2D eigenvalue weighted by Gasteiger charge is -2.10. The summed E-state index contributed by atoms with van der Waals surface area (Å²) in [7, 11) is 0. The van der Waals surface area contributed by atoms with Gasteiger partial charge in [-0.2, -0.15) is 13.2 Å². The Labute approximate surface area is 112 Å². The van der Waals surface area contributed by atoms with Gasteiger partial charge < -0.3 is 5.32 Å². The number of benzene rings is 2. The Balaban J connectivity index is 2.06. The van der Waals surface area contributed by atoms with Crippen molar-refractivity contribution in [2.24, 2.45) is 0 Å². The molecule has 0 radical (unpaired) electrons. The molecule has 0 spiro atoms. The van der Waals surface area contributed by atoms with E-state index in [1.54, 1.807) is 0 Å². The van der Waals surface area contributed by atoms with Gasteiger partial charge in [0.15, 0.2) is 11.6 Å². The molecule has 0 aromatic heterocycles. The van der Waals surface area contributed by atoms with Gasteiger partial charge in [0.2, 0.25) is 0 Å². The quantitative estimate of drug-likeness (QED) is 0.814. The molecule has 0 saturated heterocycles. The normalized spacial score (nSPS) is 11.4. The van der Waals surface area contributed by atoms with E-state index in [0.29, 0.717) is 5.56 Å². The largest absolute Gasteiger partial charge is 0.416 e. The summed E-state index contributed by atoms with van der Waals surface area (Å²) in [6.07, 6.45) is -4.39. The monoisotopic (exact) mass is 287 g/mol. The van der Waals surface area contributed by atoms with Crippen LogP contribution in [-0.4, -0.2) is 0 Å². The van der Waals surface area contributed by atoms with E-state index in [1.165, 1.54) is 24.3 Å². The van der Waals surface area contributed by atoms with Gasteiger partial charge in [-0.3, -0.25) is 0 Å². The molecule has 0 aliphatic carbocycles. The molecular formula is C14H10F5N. The Hall–Kier alpha value is -2.11. The van der Waals surface area contributed by atoms with Crippen molar-refractivity contribution in [2.45, 2.75) is 12.7 Å². The van der Waals surface area contributed by atoms with Gasteiger partial charge in [0, 0.05) is 6.54 Å². The predicted octanol–water partition coefficient (Wildman–Crippen LogP) is 4.60. The molecule has 20 heavy (non-hydrogen) atoms. The van der Waals surface area contributed by atoms with Crippen LogP contribution in [0.1, 0.15) is 11.1 Å². The zero-order chi connectivity index (χ0) is 14.8. The standard InChI is InChI=1S/C14H10F5N/c15-11-2-1-3-12(13(11)16)20-8-9-4-6-10(7-5-9)14(17,18)19/h1-7,20H,8H2. The second-order valence-electron chi connectivity index (χ2n) is 4.15. The fourth-order valence-electron chi connectivity index (χ4n) is 1.65. The zero-order valence-electron chi connectivity index (χ0n) is 10.1. The Morgan fingerprint density at radius 2 is 1.55 bits per heavy atom. The van der Waals surface area contributed by atoms with Gasteiger partial charge >= 0.3 is 6.18 Å². The molecular weight excluding hydrogens is 277 g/mol. The molecule has 0 saturated carbocycles. The van der Waals surface area contributed by atoms with Crippen LogP contribution >= 0.6 is 0 Å². The predicted molar refractivity (Wildman–Crippen MR) is 65.1 cm³/mol. The molecule has 0 aliphatic rings. The molecule has 0 heterocycles. The molecule has 0 fully saturated rings. The minimum atomic E-state index is -4.39. The minimum absolute atomic E-state index is 0.0371. The van der Waals surface area contributed by atoms with E-state index in [4.69, 9.17) is 0 Å². The molecule has 106 valence electrons. The third-order valence-electron chi connectivity index (χ3n) is 2.72. The summed E-state index contributed by atoms with van der Waals surface area (Å²) >= 11 is 0. The first kappa shape index (κ1) is 14.3. The van der Waals surface area contributed by atoms with Crippen molar-refractivity contribution in [1.29, 1.82) is 0 Å². The summed E-state index contributed by atoms with van der Waals surface area (Å²) in [5.41, 5.74) is -0.259. The number of hydrogen-bond donors (Lipinski definition) is 1. The Morgan fingerprint density at radius 1 is 0.900 bits per heavy atom. The van der Waals surface area contributed by atoms with Gasteiger partial charge in [-0.25, -0.2) is 8.78 Å². The summed E-state index contributed by atoms with van der Waals surface area (Å²) in [5, 5.41) is 2.63. The zero-order valence-corrected chi connectivity index (χ0v) is 10.1. The third-order valence-corrected chi connectivity index (χ3v) is 2.72. The van der Waals surface area contributed by atoms with Crippen LogP contribution in [0.5, 0.6) is 0 Å². The van der Waals surface area contributed by atoms with Crippen LogP contribution in [-0.2, 0) is 12.7 Å². The SMILES string of the molecule is Fc1cccc(NCc2ccc(C(F)(F)F)cc2)c1F. The van der Waals surface area contributed by atoms with Gasteiger partial charge in [0.1, 0.15) is 0 Å². The average Bonchev–Trinajstić information content (AvgIpc) is 2.40. The highest BCUT2D eigenvalue weighted by molar-refractivity contribution is 5.45. The summed E-state index contributed by atoms with van der Waals surface area (Å²) in [4.78, 5) is 0. The highest BCUT2D eigenvalue weighted by Crippen LogP contribution is 2.29. The molecule has 6 heteroatoms. The Bertz CT molecular complexity index is 590. The molecule has 2 rings (SSSR count). The third kappa shape index (κ3) is 3.26. The fraction of sp³-hybridized carbons (Fsp3) is 0.143. The summed E-state index contributed by atoms with van der Waals surface area (Å²) in [6, 6.07) is 8.13. The Kier molecular flexibility index (Phi) is 3.92. The first-order valence-electron chi connectivity index (χ1n) is 5.72. The molecule has 2 aromatic rings. The number of hydrogen-bond acceptors (Lipinski definition) is 1. The molecule has 1 nitrogen and oxygen atoms in total. The fourth-order valence-corrected chi connectivity index (χ4v) is 1.65. The van der Waals surface area contributed by atoms with Crippen LogP contribution in [0.3, 0.4) is 0 Å². The number of nitrogens with one attached hydrogen (secondary N) is 1. The molecule has 2 aromatic carbocycles. The van der Waals surface area contributed by atoms with Gasteiger partial charge in [-0.1, -0.05) is 18.2 Å². The number of halogens is 5. The maximum atomic E-state index is 13.3. The van der Waals surface area contributed by atoms with E-state index in [9.17, 15) is 22.0 Å². The topological polar surface area (TPSA) is 12.0 Å². The summed E-state index contributed by atoms with van der Waals surface area (Å²) < 4.78 is 63.4. The minimum Gasteiger partial charge on any atom is -0.379 e. The average molecular weight is 287 g/mol. The number of alkyl halides is 3. The van der Waals surface area contributed by atoms with Gasteiger partial charge in [0.25, 0.3) is 0 Å². The lowest BCUT2D eigenvalue weighted by molar-refractivity contribution is -0.137. The maximum absolute atomic E-state index is 13.3. The van der Waals surface area contributed by atoms with E-state index in [-0.39, 0.29) is 12.2 Å². The van der Waals surface area contributed by atoms with E-state index in [2.05, 4.69) is 5.32 Å². The van der Waals surface area contributed by atoms with Crippen molar-refractivity contribution in [2.75, 3.05) is 5.32 Å². The van der Waals surface area contributed by atoms with Crippen molar-refractivity contribution in [3.05, 3.63) is 65.2 Å². The first-order chi connectivity index (χ1) is 9.38. The van der Waals surface area contributed by atoms with Crippen LogP contribution < -0.4 is 5.32 Å². The van der Waals surface area contributed by atoms with Gasteiger partial charge in [-0.05, 0) is 29.8 Å². The maximum Gasteiger partial charge on any atom is 0.416 e. The van der Waals surface area contributed by atoms with Crippen molar-refractivity contribution in [3.63, 3.8) is 0 Å². The van der Waals surface area contributed by atoms with Gasteiger partial charge in [-0.15, -0.1) is 0 Å². The van der Waals surface area contributed by atoms with Crippen molar-refractivity contribution >= 4 is 5.69 Å².